The molecule has 28 heavy (non-hydrogen) atoms. The molecule has 1 fully saturated rings. The number of carbonyl (C=O) groups excluding carboxylic acids is 1. The van der Waals surface area contributed by atoms with E-state index in [-0.39, 0.29) is 22.6 Å². The Morgan fingerprint density at radius 3 is 2.61 bits per heavy atom. The first-order valence-electron chi connectivity index (χ1n) is 10.6. The molecule has 5 nitrogen and oxygen atoms in total. The Morgan fingerprint density at radius 1 is 1.25 bits per heavy atom. The highest BCUT2D eigenvalue weighted by molar-refractivity contribution is 8.00. The predicted octanol–water partition coefficient (Wildman–Crippen LogP) is 3.70. The molecule has 6 heteroatoms. The molecule has 1 aliphatic rings. The fourth-order valence-corrected chi connectivity index (χ4v) is 5.38. The van der Waals surface area contributed by atoms with Gasteiger partial charge in [0.2, 0.25) is 0 Å². The van der Waals surface area contributed by atoms with Crippen molar-refractivity contribution < 1.29 is 24.9 Å². The van der Waals surface area contributed by atoms with E-state index < -0.39 is 18.3 Å². The number of aliphatic hydroxyl groups excluding tert-OH is 3. The first-order valence-corrected chi connectivity index (χ1v) is 11.6. The van der Waals surface area contributed by atoms with Crippen LogP contribution in [0, 0.1) is 11.3 Å². The van der Waals surface area contributed by atoms with E-state index in [1.54, 1.807) is 11.8 Å². The monoisotopic (exact) mass is 416 g/mol. The van der Waals surface area contributed by atoms with E-state index in [0.29, 0.717) is 25.0 Å². The quantitative estimate of drug-likeness (QED) is 0.241. The predicted molar refractivity (Wildman–Crippen MR) is 115 cm³/mol. The number of unbranched alkanes of at least 4 members (excludes halogenated alkanes) is 2. The van der Waals surface area contributed by atoms with Crippen molar-refractivity contribution in [1.29, 1.82) is 0 Å². The molecule has 0 bridgehead atoms. The van der Waals surface area contributed by atoms with E-state index in [0.717, 1.165) is 32.1 Å². The van der Waals surface area contributed by atoms with E-state index in [4.69, 9.17) is 0 Å². The van der Waals surface area contributed by atoms with Crippen molar-refractivity contribution in [3.8, 4) is 0 Å². The molecule has 5 atom stereocenters. The number of thioether (sulfide) groups is 1. The Morgan fingerprint density at radius 2 is 1.96 bits per heavy atom. The maximum atomic E-state index is 11.1. The molecule has 1 saturated carbocycles. The second-order valence-electron chi connectivity index (χ2n) is 8.62. The first-order chi connectivity index (χ1) is 13.2. The highest BCUT2D eigenvalue weighted by Crippen LogP contribution is 2.40. The molecule has 1 aliphatic carbocycles. The lowest BCUT2D eigenvalue weighted by Gasteiger charge is -2.32. The van der Waals surface area contributed by atoms with E-state index in [2.05, 4.69) is 25.5 Å². The van der Waals surface area contributed by atoms with E-state index in [1.165, 1.54) is 7.11 Å². The molecular formula is C22H40O5S. The molecule has 0 amide bonds. The van der Waals surface area contributed by atoms with Gasteiger partial charge in [0.1, 0.15) is 0 Å². The average molecular weight is 417 g/mol. The second kappa shape index (κ2) is 12.9. The topological polar surface area (TPSA) is 87.0 Å². The lowest BCUT2D eigenvalue weighted by atomic mass is 9.82. The molecule has 0 heterocycles. The van der Waals surface area contributed by atoms with Crippen molar-refractivity contribution in [3.63, 3.8) is 0 Å². The van der Waals surface area contributed by atoms with Gasteiger partial charge in [0.05, 0.1) is 25.4 Å². The minimum atomic E-state index is -0.538. The number of carbonyl (C=O) groups is 1. The van der Waals surface area contributed by atoms with Gasteiger partial charge in [-0.05, 0) is 31.1 Å². The third-order valence-electron chi connectivity index (χ3n) is 5.86. The Bertz CT molecular complexity index is 480. The van der Waals surface area contributed by atoms with Crippen LogP contribution < -0.4 is 0 Å². The van der Waals surface area contributed by atoms with Crippen LogP contribution in [-0.2, 0) is 9.53 Å². The van der Waals surface area contributed by atoms with Gasteiger partial charge in [0.25, 0.3) is 0 Å². The zero-order valence-corrected chi connectivity index (χ0v) is 18.8. The number of hydrogen-bond donors (Lipinski definition) is 3. The first kappa shape index (κ1) is 25.5. The lowest BCUT2D eigenvalue weighted by Crippen LogP contribution is -2.34. The van der Waals surface area contributed by atoms with Crippen molar-refractivity contribution in [2.24, 2.45) is 11.3 Å². The Hall–Kier alpha value is -0.560. The van der Waals surface area contributed by atoms with Crippen LogP contribution in [0.2, 0.25) is 0 Å². The fourth-order valence-electron chi connectivity index (χ4n) is 3.65. The van der Waals surface area contributed by atoms with Crippen LogP contribution in [0.5, 0.6) is 0 Å². The van der Waals surface area contributed by atoms with Crippen LogP contribution >= 0.6 is 11.8 Å². The summed E-state index contributed by atoms with van der Waals surface area (Å²) in [5.74, 6) is 0.368. The molecule has 3 unspecified atom stereocenters. The number of aliphatic hydroxyl groups is 3. The largest absolute Gasteiger partial charge is 0.469 e. The van der Waals surface area contributed by atoms with Crippen molar-refractivity contribution >= 4 is 17.7 Å². The zero-order chi connectivity index (χ0) is 21.2. The van der Waals surface area contributed by atoms with E-state index in [9.17, 15) is 20.1 Å². The molecule has 0 aromatic carbocycles. The summed E-state index contributed by atoms with van der Waals surface area (Å²) in [7, 11) is 1.39. The summed E-state index contributed by atoms with van der Waals surface area (Å²) in [6.07, 6.45) is 8.84. The van der Waals surface area contributed by atoms with Crippen LogP contribution in [0.3, 0.4) is 0 Å². The average Bonchev–Trinajstić information content (AvgIpc) is 2.93. The van der Waals surface area contributed by atoms with Gasteiger partial charge in [-0.15, -0.1) is 0 Å². The van der Waals surface area contributed by atoms with Crippen LogP contribution in [0.1, 0.15) is 72.1 Å². The number of rotatable bonds is 13. The molecule has 0 radical (unpaired) electrons. The number of methoxy groups -OCH3 is 1. The normalized spacial score (nSPS) is 26.7. The minimum Gasteiger partial charge on any atom is -0.469 e. The molecule has 0 saturated heterocycles. The van der Waals surface area contributed by atoms with Crippen LogP contribution in [0.4, 0.5) is 0 Å². The van der Waals surface area contributed by atoms with E-state index >= 15 is 0 Å². The van der Waals surface area contributed by atoms with Gasteiger partial charge < -0.3 is 20.1 Å². The molecule has 1 rings (SSSR count). The second-order valence-corrected chi connectivity index (χ2v) is 9.83. The third kappa shape index (κ3) is 8.44. The van der Waals surface area contributed by atoms with Crippen molar-refractivity contribution in [2.75, 3.05) is 12.9 Å². The molecule has 3 N–H and O–H groups in total. The number of allylic oxidation sites excluding steroid dienone is 2. The van der Waals surface area contributed by atoms with Crippen LogP contribution in [0.15, 0.2) is 12.2 Å². The number of esters is 1. The molecule has 0 aromatic rings. The highest BCUT2D eigenvalue weighted by atomic mass is 32.2. The molecule has 164 valence electrons. The van der Waals surface area contributed by atoms with Crippen LogP contribution in [-0.4, -0.2) is 57.7 Å². The van der Waals surface area contributed by atoms with Crippen LogP contribution in [0.25, 0.3) is 0 Å². The maximum absolute atomic E-state index is 11.1. The zero-order valence-electron chi connectivity index (χ0n) is 18.0. The number of ether oxygens (including phenoxy) is 1. The molecule has 0 aliphatic heterocycles. The third-order valence-corrected chi connectivity index (χ3v) is 7.41. The van der Waals surface area contributed by atoms with Crippen molar-refractivity contribution in [2.45, 2.75) is 95.7 Å². The summed E-state index contributed by atoms with van der Waals surface area (Å²) >= 11 is 1.59. The molecule has 0 aromatic heterocycles. The maximum Gasteiger partial charge on any atom is 0.305 e. The summed E-state index contributed by atoms with van der Waals surface area (Å²) in [6, 6.07) is 0. The van der Waals surface area contributed by atoms with Gasteiger partial charge in [0, 0.05) is 29.8 Å². The van der Waals surface area contributed by atoms with Crippen molar-refractivity contribution in [3.05, 3.63) is 12.2 Å². The van der Waals surface area contributed by atoms with Gasteiger partial charge in [-0.3, -0.25) is 4.79 Å². The minimum absolute atomic E-state index is 0.0113. The standard InChI is InChI=1S/C22H40O5S/c1-5-6-13-22(2,3)19(25)15-28-21-16(17(23)14-18(21)24)11-9-7-8-10-12-20(26)27-4/h7,9,16-19,21,23-25H,5-6,8,10-15H2,1-4H3/t16-,17?,18?,19?,21+/m0/s1. The summed E-state index contributed by atoms with van der Waals surface area (Å²) in [4.78, 5) is 11.1. The fraction of sp³-hybridized carbons (Fsp3) is 0.864. The Balaban J connectivity index is 2.49. The lowest BCUT2D eigenvalue weighted by molar-refractivity contribution is -0.140. The Labute approximate surface area is 174 Å². The van der Waals surface area contributed by atoms with Gasteiger partial charge in [0.15, 0.2) is 0 Å². The Kier molecular flexibility index (Phi) is 11.7. The van der Waals surface area contributed by atoms with Crippen molar-refractivity contribution in [1.82, 2.24) is 0 Å². The summed E-state index contributed by atoms with van der Waals surface area (Å²) in [5.41, 5.74) is -0.139. The SMILES string of the molecule is CCCCC(C)(C)C(O)CS[C@H]1C(O)CC(O)[C@@H]1CC=CCCCC(=O)OC. The summed E-state index contributed by atoms with van der Waals surface area (Å²) in [6.45, 7) is 6.35. The van der Waals surface area contributed by atoms with Gasteiger partial charge in [-0.1, -0.05) is 45.8 Å². The summed E-state index contributed by atoms with van der Waals surface area (Å²) < 4.78 is 4.62. The van der Waals surface area contributed by atoms with Gasteiger partial charge in [-0.2, -0.15) is 11.8 Å². The van der Waals surface area contributed by atoms with Gasteiger partial charge >= 0.3 is 5.97 Å². The van der Waals surface area contributed by atoms with Gasteiger partial charge in [-0.25, -0.2) is 0 Å². The summed E-state index contributed by atoms with van der Waals surface area (Å²) in [5, 5.41) is 31.3. The smallest absolute Gasteiger partial charge is 0.305 e. The van der Waals surface area contributed by atoms with E-state index in [1.807, 2.05) is 12.2 Å². The number of hydrogen-bond acceptors (Lipinski definition) is 6. The molecular weight excluding hydrogens is 376 g/mol. The molecule has 0 spiro atoms. The highest BCUT2D eigenvalue weighted by Gasteiger charge is 2.42.